The molecule has 0 bridgehead atoms. The number of imidazole rings is 1. The van der Waals surface area contributed by atoms with E-state index in [1.807, 2.05) is 49.6 Å². The number of hydrogen-bond acceptors (Lipinski definition) is 4. The van der Waals surface area contributed by atoms with Crippen LogP contribution < -0.4 is 5.32 Å². The van der Waals surface area contributed by atoms with Gasteiger partial charge < -0.3 is 14.3 Å². The third-order valence-electron chi connectivity index (χ3n) is 3.84. The molecule has 0 unspecified atom stereocenters. The number of benzene rings is 1. The lowest BCUT2D eigenvalue weighted by Crippen LogP contribution is -2.13. The van der Waals surface area contributed by atoms with Crippen molar-refractivity contribution >= 4 is 11.6 Å². The van der Waals surface area contributed by atoms with Crippen LogP contribution in [-0.2, 0) is 6.42 Å². The molecule has 3 aromatic rings. The number of hydrogen-bond donors (Lipinski definition) is 1. The Morgan fingerprint density at radius 2 is 1.96 bits per heavy atom. The molecule has 0 saturated carbocycles. The number of aryl methyl sites for hydroxylation is 2. The molecule has 0 spiro atoms. The van der Waals surface area contributed by atoms with E-state index >= 15 is 0 Å². The molecule has 3 rings (SSSR count). The molecule has 6 heteroatoms. The first-order chi connectivity index (χ1) is 11.1. The van der Waals surface area contributed by atoms with Gasteiger partial charge in [0.25, 0.3) is 5.91 Å². The second-order valence-electron chi connectivity index (χ2n) is 5.27. The van der Waals surface area contributed by atoms with Crippen LogP contribution in [0.4, 0.5) is 5.69 Å². The van der Waals surface area contributed by atoms with Crippen LogP contribution in [0.3, 0.4) is 0 Å². The van der Waals surface area contributed by atoms with Gasteiger partial charge >= 0.3 is 0 Å². The third kappa shape index (κ3) is 2.88. The van der Waals surface area contributed by atoms with E-state index in [0.29, 0.717) is 17.8 Å². The Labute approximate surface area is 134 Å². The Balaban J connectivity index is 1.78. The van der Waals surface area contributed by atoms with Crippen molar-refractivity contribution < 1.29 is 9.21 Å². The topological polar surface area (TPSA) is 73.0 Å². The molecule has 2 heterocycles. The van der Waals surface area contributed by atoms with Gasteiger partial charge in [-0.3, -0.25) is 4.79 Å². The fourth-order valence-electron chi connectivity index (χ4n) is 2.36. The van der Waals surface area contributed by atoms with E-state index in [1.165, 1.54) is 6.39 Å². The van der Waals surface area contributed by atoms with E-state index in [4.69, 9.17) is 4.42 Å². The van der Waals surface area contributed by atoms with Crippen LogP contribution in [0, 0.1) is 13.8 Å². The molecule has 0 aliphatic heterocycles. The van der Waals surface area contributed by atoms with E-state index in [2.05, 4.69) is 15.3 Å². The van der Waals surface area contributed by atoms with Crippen molar-refractivity contribution in [3.63, 3.8) is 0 Å². The van der Waals surface area contributed by atoms with Crippen LogP contribution in [0.15, 0.2) is 41.4 Å². The van der Waals surface area contributed by atoms with Crippen LogP contribution in [-0.4, -0.2) is 20.4 Å². The molecule has 1 aromatic carbocycles. The first kappa shape index (κ1) is 15.0. The summed E-state index contributed by atoms with van der Waals surface area (Å²) in [5, 5.41) is 2.82. The minimum absolute atomic E-state index is 0.262. The van der Waals surface area contributed by atoms with Crippen molar-refractivity contribution in [2.24, 2.45) is 0 Å². The quantitative estimate of drug-likeness (QED) is 0.802. The molecule has 118 valence electrons. The summed E-state index contributed by atoms with van der Waals surface area (Å²) >= 11 is 0. The number of nitrogens with zero attached hydrogens (tertiary/aromatic N) is 3. The summed E-state index contributed by atoms with van der Waals surface area (Å²) in [5.74, 6) is -0.0283. The lowest BCUT2D eigenvalue weighted by atomic mass is 10.2. The summed E-state index contributed by atoms with van der Waals surface area (Å²) < 4.78 is 7.17. The minimum Gasteiger partial charge on any atom is -0.438 e. The predicted octanol–water partition coefficient (Wildman–Crippen LogP) is 3.29. The van der Waals surface area contributed by atoms with Gasteiger partial charge in [-0.1, -0.05) is 6.92 Å². The van der Waals surface area contributed by atoms with E-state index in [0.717, 1.165) is 17.1 Å². The number of nitrogens with one attached hydrogen (secondary N) is 1. The molecule has 1 N–H and O–H groups in total. The Bertz CT molecular complexity index is 831. The van der Waals surface area contributed by atoms with Gasteiger partial charge in [0, 0.05) is 17.1 Å². The van der Waals surface area contributed by atoms with Crippen LogP contribution >= 0.6 is 0 Å². The molecule has 2 aromatic heterocycles. The van der Waals surface area contributed by atoms with Gasteiger partial charge in [-0.05, 0) is 44.5 Å². The molecule has 0 atom stereocenters. The van der Waals surface area contributed by atoms with Crippen LogP contribution in [0.1, 0.15) is 34.6 Å². The summed E-state index contributed by atoms with van der Waals surface area (Å²) in [6.45, 7) is 5.93. The van der Waals surface area contributed by atoms with Crippen LogP contribution in [0.5, 0.6) is 0 Å². The normalized spacial score (nSPS) is 10.7. The maximum atomic E-state index is 12.2. The standard InChI is InChI=1S/C17H18N4O2/c1-4-15-16(23-10-19-15)17(22)20-13-5-7-14(8-6-13)21-9-18-11(2)12(21)3/h5-10H,4H2,1-3H3,(H,20,22). The zero-order valence-electron chi connectivity index (χ0n) is 13.3. The zero-order chi connectivity index (χ0) is 16.4. The summed E-state index contributed by atoms with van der Waals surface area (Å²) in [6, 6.07) is 7.57. The summed E-state index contributed by atoms with van der Waals surface area (Å²) in [5.41, 5.74) is 4.45. The fraction of sp³-hybridized carbons (Fsp3) is 0.235. The molecule has 23 heavy (non-hydrogen) atoms. The van der Waals surface area contributed by atoms with Gasteiger partial charge in [0.1, 0.15) is 0 Å². The highest BCUT2D eigenvalue weighted by Gasteiger charge is 2.15. The van der Waals surface area contributed by atoms with Crippen molar-refractivity contribution in [3.05, 3.63) is 59.8 Å². The molecule has 0 fully saturated rings. The van der Waals surface area contributed by atoms with Gasteiger partial charge in [0.2, 0.25) is 5.76 Å². The highest BCUT2D eigenvalue weighted by atomic mass is 16.3. The predicted molar refractivity (Wildman–Crippen MR) is 86.9 cm³/mol. The first-order valence-corrected chi connectivity index (χ1v) is 7.45. The number of amides is 1. The van der Waals surface area contributed by atoms with Gasteiger partial charge in [0.05, 0.1) is 17.7 Å². The second-order valence-corrected chi connectivity index (χ2v) is 5.27. The number of carbonyl (C=O) groups is 1. The average molecular weight is 310 g/mol. The maximum Gasteiger partial charge on any atom is 0.293 e. The van der Waals surface area contributed by atoms with E-state index in [1.54, 1.807) is 6.33 Å². The summed E-state index contributed by atoms with van der Waals surface area (Å²) in [7, 11) is 0. The summed E-state index contributed by atoms with van der Waals surface area (Å²) in [6.07, 6.45) is 3.73. The highest BCUT2D eigenvalue weighted by Crippen LogP contribution is 2.18. The van der Waals surface area contributed by atoms with Crippen molar-refractivity contribution in [1.29, 1.82) is 0 Å². The van der Waals surface area contributed by atoms with Crippen molar-refractivity contribution in [2.75, 3.05) is 5.32 Å². The Kier molecular flexibility index (Phi) is 3.97. The lowest BCUT2D eigenvalue weighted by molar-refractivity contribution is 0.0995. The molecule has 6 nitrogen and oxygen atoms in total. The summed E-state index contributed by atoms with van der Waals surface area (Å²) in [4.78, 5) is 20.5. The van der Waals surface area contributed by atoms with E-state index < -0.39 is 0 Å². The second kappa shape index (κ2) is 6.08. The van der Waals surface area contributed by atoms with Crippen molar-refractivity contribution in [3.8, 4) is 5.69 Å². The lowest BCUT2D eigenvalue weighted by Gasteiger charge is -2.08. The molecule has 0 saturated heterocycles. The number of carbonyl (C=O) groups excluding carboxylic acids is 1. The van der Waals surface area contributed by atoms with Gasteiger partial charge in [0.15, 0.2) is 6.39 Å². The van der Waals surface area contributed by atoms with Crippen molar-refractivity contribution in [1.82, 2.24) is 14.5 Å². The van der Waals surface area contributed by atoms with Gasteiger partial charge in [-0.15, -0.1) is 0 Å². The minimum atomic E-state index is -0.290. The smallest absolute Gasteiger partial charge is 0.293 e. The number of aromatic nitrogens is 3. The molecule has 0 aliphatic carbocycles. The highest BCUT2D eigenvalue weighted by molar-refractivity contribution is 6.02. The molecular weight excluding hydrogens is 292 g/mol. The van der Waals surface area contributed by atoms with Crippen LogP contribution in [0.25, 0.3) is 5.69 Å². The maximum absolute atomic E-state index is 12.2. The number of anilines is 1. The van der Waals surface area contributed by atoms with Gasteiger partial charge in [-0.2, -0.15) is 0 Å². The third-order valence-corrected chi connectivity index (χ3v) is 3.84. The number of rotatable bonds is 4. The molecule has 1 amide bonds. The average Bonchev–Trinajstić information content (AvgIpc) is 3.16. The van der Waals surface area contributed by atoms with Crippen LogP contribution in [0.2, 0.25) is 0 Å². The Hall–Kier alpha value is -2.89. The first-order valence-electron chi connectivity index (χ1n) is 7.45. The van der Waals surface area contributed by atoms with Gasteiger partial charge in [-0.25, -0.2) is 9.97 Å². The monoisotopic (exact) mass is 310 g/mol. The van der Waals surface area contributed by atoms with E-state index in [-0.39, 0.29) is 11.7 Å². The SMILES string of the molecule is CCc1ncoc1C(=O)Nc1ccc(-n2cnc(C)c2C)cc1. The molecule has 0 radical (unpaired) electrons. The fourth-order valence-corrected chi connectivity index (χ4v) is 2.36. The Morgan fingerprint density at radius 1 is 1.22 bits per heavy atom. The largest absolute Gasteiger partial charge is 0.438 e. The van der Waals surface area contributed by atoms with Crippen molar-refractivity contribution in [2.45, 2.75) is 27.2 Å². The Morgan fingerprint density at radius 3 is 2.57 bits per heavy atom. The zero-order valence-corrected chi connectivity index (χ0v) is 13.3. The molecule has 0 aliphatic rings. The molecular formula is C17H18N4O2. The van der Waals surface area contributed by atoms with E-state index in [9.17, 15) is 4.79 Å². The number of oxazole rings is 1.